The minimum Gasteiger partial charge on any atom is -0.340 e. The largest absolute Gasteiger partial charge is 0.340 e. The third-order valence-electron chi connectivity index (χ3n) is 4.79. The number of nitrogens with zero attached hydrogens (tertiary/aromatic N) is 2. The Balaban J connectivity index is 1.46. The SMILES string of the molecule is Cc1ccc(NC(=O)CN2CCN(C(=O)Cc3ccccc3Cl)CC2)c(Cl)c1. The molecular formula is C21H23Cl2N3O2. The predicted octanol–water partition coefficient (Wildman–Crippen LogP) is 3.63. The number of benzene rings is 2. The van der Waals surface area contributed by atoms with Gasteiger partial charge < -0.3 is 10.2 Å². The number of carbonyl (C=O) groups excluding carboxylic acids is 2. The van der Waals surface area contributed by atoms with E-state index in [0.717, 1.165) is 11.1 Å². The van der Waals surface area contributed by atoms with E-state index < -0.39 is 0 Å². The lowest BCUT2D eigenvalue weighted by Crippen LogP contribution is -2.50. The summed E-state index contributed by atoms with van der Waals surface area (Å²) in [5.74, 6) is -0.0507. The summed E-state index contributed by atoms with van der Waals surface area (Å²) in [5, 5.41) is 3.99. The van der Waals surface area contributed by atoms with E-state index in [1.165, 1.54) is 0 Å². The quantitative estimate of drug-likeness (QED) is 0.804. The molecule has 0 aromatic heterocycles. The van der Waals surface area contributed by atoms with Gasteiger partial charge in [-0.2, -0.15) is 0 Å². The molecule has 2 aromatic rings. The molecule has 0 aliphatic carbocycles. The molecule has 0 spiro atoms. The van der Waals surface area contributed by atoms with Gasteiger partial charge in [-0.1, -0.05) is 47.5 Å². The third-order valence-corrected chi connectivity index (χ3v) is 5.47. The number of anilines is 1. The van der Waals surface area contributed by atoms with Gasteiger partial charge in [0.25, 0.3) is 0 Å². The Bertz CT molecular complexity index is 864. The maximum atomic E-state index is 12.5. The average Bonchev–Trinajstić information content (AvgIpc) is 2.66. The fourth-order valence-corrected chi connectivity index (χ4v) is 3.67. The Morgan fingerprint density at radius 1 is 1.00 bits per heavy atom. The van der Waals surface area contributed by atoms with Crippen LogP contribution in [-0.4, -0.2) is 54.3 Å². The first-order valence-electron chi connectivity index (χ1n) is 9.22. The molecule has 1 heterocycles. The van der Waals surface area contributed by atoms with Crippen molar-refractivity contribution in [1.82, 2.24) is 9.80 Å². The molecule has 0 saturated carbocycles. The predicted molar refractivity (Wildman–Crippen MR) is 113 cm³/mol. The molecule has 28 heavy (non-hydrogen) atoms. The highest BCUT2D eigenvalue weighted by atomic mass is 35.5. The van der Waals surface area contributed by atoms with Gasteiger partial charge in [0.2, 0.25) is 11.8 Å². The Labute approximate surface area is 175 Å². The highest BCUT2D eigenvalue weighted by Gasteiger charge is 2.23. The monoisotopic (exact) mass is 419 g/mol. The second-order valence-corrected chi connectivity index (χ2v) is 7.77. The molecule has 3 rings (SSSR count). The molecule has 0 unspecified atom stereocenters. The van der Waals surface area contributed by atoms with Crippen LogP contribution in [0.25, 0.3) is 0 Å². The maximum Gasteiger partial charge on any atom is 0.238 e. The van der Waals surface area contributed by atoms with E-state index in [1.807, 2.05) is 47.1 Å². The van der Waals surface area contributed by atoms with E-state index in [4.69, 9.17) is 23.2 Å². The lowest BCUT2D eigenvalue weighted by molar-refractivity contribution is -0.132. The van der Waals surface area contributed by atoms with E-state index in [0.29, 0.717) is 48.3 Å². The van der Waals surface area contributed by atoms with Crippen LogP contribution in [0.2, 0.25) is 10.0 Å². The third kappa shape index (κ3) is 5.47. The van der Waals surface area contributed by atoms with Crippen molar-refractivity contribution < 1.29 is 9.59 Å². The smallest absolute Gasteiger partial charge is 0.238 e. The lowest BCUT2D eigenvalue weighted by Gasteiger charge is -2.34. The number of hydrogen-bond donors (Lipinski definition) is 1. The number of amides is 2. The lowest BCUT2D eigenvalue weighted by atomic mass is 10.1. The van der Waals surface area contributed by atoms with Gasteiger partial charge in [0, 0.05) is 31.2 Å². The van der Waals surface area contributed by atoms with Crippen molar-refractivity contribution in [3.63, 3.8) is 0 Å². The fourth-order valence-electron chi connectivity index (χ4n) is 3.19. The molecule has 1 N–H and O–H groups in total. The number of halogens is 2. The maximum absolute atomic E-state index is 12.5. The summed E-state index contributed by atoms with van der Waals surface area (Å²) < 4.78 is 0. The average molecular weight is 420 g/mol. The number of hydrogen-bond acceptors (Lipinski definition) is 3. The van der Waals surface area contributed by atoms with E-state index in [1.54, 1.807) is 12.1 Å². The van der Waals surface area contributed by atoms with Crippen molar-refractivity contribution in [3.8, 4) is 0 Å². The van der Waals surface area contributed by atoms with Crippen molar-refractivity contribution in [2.75, 3.05) is 38.0 Å². The molecule has 0 bridgehead atoms. The first-order valence-corrected chi connectivity index (χ1v) is 9.97. The molecule has 148 valence electrons. The van der Waals surface area contributed by atoms with Gasteiger partial charge in [0.15, 0.2) is 0 Å². The normalized spacial score (nSPS) is 14.8. The van der Waals surface area contributed by atoms with Gasteiger partial charge in [-0.15, -0.1) is 0 Å². The van der Waals surface area contributed by atoms with E-state index >= 15 is 0 Å². The van der Waals surface area contributed by atoms with Crippen LogP contribution < -0.4 is 5.32 Å². The van der Waals surface area contributed by atoms with Gasteiger partial charge in [0.05, 0.1) is 23.7 Å². The van der Waals surface area contributed by atoms with Crippen LogP contribution in [0.1, 0.15) is 11.1 Å². The Kier molecular flexibility index (Phi) is 6.94. The van der Waals surface area contributed by atoms with Crippen molar-refractivity contribution >= 4 is 40.7 Å². The Morgan fingerprint density at radius 3 is 2.39 bits per heavy atom. The molecule has 7 heteroatoms. The molecule has 0 atom stereocenters. The molecule has 2 amide bonds. The number of nitrogens with one attached hydrogen (secondary N) is 1. The zero-order chi connectivity index (χ0) is 20.1. The van der Waals surface area contributed by atoms with Gasteiger partial charge in [0.1, 0.15) is 0 Å². The van der Waals surface area contributed by atoms with E-state index in [2.05, 4.69) is 5.32 Å². The van der Waals surface area contributed by atoms with Crippen molar-refractivity contribution in [2.24, 2.45) is 0 Å². The minimum atomic E-state index is -0.110. The zero-order valence-electron chi connectivity index (χ0n) is 15.8. The summed E-state index contributed by atoms with van der Waals surface area (Å²) in [7, 11) is 0. The van der Waals surface area contributed by atoms with Crippen LogP contribution in [-0.2, 0) is 16.0 Å². The van der Waals surface area contributed by atoms with E-state index in [-0.39, 0.29) is 18.4 Å². The summed E-state index contributed by atoms with van der Waals surface area (Å²) in [4.78, 5) is 28.7. The first-order chi connectivity index (χ1) is 13.4. The van der Waals surface area contributed by atoms with Crippen LogP contribution in [0.5, 0.6) is 0 Å². The summed E-state index contributed by atoms with van der Waals surface area (Å²) in [5.41, 5.74) is 2.50. The standard InChI is InChI=1S/C21H23Cl2N3O2/c1-15-6-7-19(18(23)12-15)24-20(27)14-25-8-10-26(11-9-25)21(28)13-16-4-2-3-5-17(16)22/h2-7,12H,8-11,13-14H2,1H3,(H,24,27). The summed E-state index contributed by atoms with van der Waals surface area (Å²) >= 11 is 12.3. The minimum absolute atomic E-state index is 0.0589. The summed E-state index contributed by atoms with van der Waals surface area (Å²) in [6, 6.07) is 12.9. The van der Waals surface area contributed by atoms with Crippen molar-refractivity contribution in [1.29, 1.82) is 0 Å². The van der Waals surface area contributed by atoms with Gasteiger partial charge in [-0.3, -0.25) is 14.5 Å². The van der Waals surface area contributed by atoms with Gasteiger partial charge in [-0.05, 0) is 36.2 Å². The van der Waals surface area contributed by atoms with Crippen LogP contribution >= 0.6 is 23.2 Å². The highest BCUT2D eigenvalue weighted by molar-refractivity contribution is 6.33. The number of rotatable bonds is 5. The van der Waals surface area contributed by atoms with Gasteiger partial charge >= 0.3 is 0 Å². The second-order valence-electron chi connectivity index (χ2n) is 6.96. The fraction of sp³-hybridized carbons (Fsp3) is 0.333. The van der Waals surface area contributed by atoms with E-state index in [9.17, 15) is 9.59 Å². The second kappa shape index (κ2) is 9.41. The Morgan fingerprint density at radius 2 is 1.71 bits per heavy atom. The Hall–Kier alpha value is -2.08. The summed E-state index contributed by atoms with van der Waals surface area (Å²) in [6.45, 7) is 4.73. The molecule has 0 radical (unpaired) electrons. The first kappa shape index (κ1) is 20.6. The van der Waals surface area contributed by atoms with Crippen LogP contribution in [0.4, 0.5) is 5.69 Å². The summed E-state index contributed by atoms with van der Waals surface area (Å²) in [6.07, 6.45) is 0.298. The topological polar surface area (TPSA) is 52.7 Å². The number of aryl methyl sites for hydroxylation is 1. The molecule has 5 nitrogen and oxygen atoms in total. The van der Waals surface area contributed by atoms with Crippen LogP contribution in [0.3, 0.4) is 0 Å². The molecular weight excluding hydrogens is 397 g/mol. The van der Waals surface area contributed by atoms with Crippen LogP contribution in [0, 0.1) is 6.92 Å². The highest BCUT2D eigenvalue weighted by Crippen LogP contribution is 2.22. The molecule has 1 saturated heterocycles. The number of piperazine rings is 1. The molecule has 1 aliphatic rings. The van der Waals surface area contributed by atoms with Gasteiger partial charge in [-0.25, -0.2) is 0 Å². The molecule has 1 fully saturated rings. The van der Waals surface area contributed by atoms with Crippen molar-refractivity contribution in [3.05, 3.63) is 63.6 Å². The zero-order valence-corrected chi connectivity index (χ0v) is 17.3. The molecule has 2 aromatic carbocycles. The number of carbonyl (C=O) groups is 2. The molecule has 1 aliphatic heterocycles. The van der Waals surface area contributed by atoms with Crippen molar-refractivity contribution in [2.45, 2.75) is 13.3 Å². The van der Waals surface area contributed by atoms with Crippen LogP contribution in [0.15, 0.2) is 42.5 Å².